The molecular formula is C17H25N3O2. The summed E-state index contributed by atoms with van der Waals surface area (Å²) in [6.45, 7) is 0.366. The van der Waals surface area contributed by atoms with E-state index in [4.69, 9.17) is 5.26 Å². The molecule has 0 aromatic rings. The molecule has 4 bridgehead atoms. The van der Waals surface area contributed by atoms with Gasteiger partial charge in [-0.2, -0.15) is 5.26 Å². The zero-order valence-corrected chi connectivity index (χ0v) is 13.0. The standard InChI is InChI=1S/C17H25N3O2/c18-8-13-1-2-14(20-13)15(21)9-19-16-4-11-3-12(5-16)7-17(22,6-11)10-16/h11-14,19-20,22H,1-7,9-10H2. The zero-order valence-electron chi connectivity index (χ0n) is 13.0. The van der Waals surface area contributed by atoms with Crippen molar-refractivity contribution in [3.8, 4) is 6.07 Å². The fraction of sp³-hybridized carbons (Fsp3) is 0.882. The highest BCUT2D eigenvalue weighted by molar-refractivity contribution is 5.86. The number of hydrogen-bond donors (Lipinski definition) is 3. The van der Waals surface area contributed by atoms with Crippen molar-refractivity contribution in [3.63, 3.8) is 0 Å². The van der Waals surface area contributed by atoms with Crippen LogP contribution in [0.25, 0.3) is 0 Å². The number of nitrogens with zero attached hydrogens (tertiary/aromatic N) is 1. The number of rotatable bonds is 4. The maximum absolute atomic E-state index is 12.4. The minimum atomic E-state index is -0.488. The highest BCUT2D eigenvalue weighted by Gasteiger charge is 2.57. The predicted octanol–water partition coefficient (Wildman–Crippen LogP) is 0.873. The van der Waals surface area contributed by atoms with Crippen LogP contribution in [0.1, 0.15) is 51.4 Å². The van der Waals surface area contributed by atoms with Gasteiger partial charge in [0.25, 0.3) is 0 Å². The van der Waals surface area contributed by atoms with E-state index in [1.54, 1.807) is 0 Å². The predicted molar refractivity (Wildman–Crippen MR) is 80.9 cm³/mol. The molecule has 0 radical (unpaired) electrons. The summed E-state index contributed by atoms with van der Waals surface area (Å²) < 4.78 is 0. The average Bonchev–Trinajstić information content (AvgIpc) is 2.91. The van der Waals surface area contributed by atoms with Gasteiger partial charge in [0.2, 0.25) is 0 Å². The van der Waals surface area contributed by atoms with Crippen LogP contribution in [0.2, 0.25) is 0 Å². The molecule has 120 valence electrons. The second kappa shape index (κ2) is 5.02. The van der Waals surface area contributed by atoms with E-state index in [1.165, 1.54) is 6.42 Å². The Morgan fingerprint density at radius 1 is 1.27 bits per heavy atom. The Hall–Kier alpha value is -0.960. The van der Waals surface area contributed by atoms with Crippen molar-refractivity contribution in [1.29, 1.82) is 5.26 Å². The molecule has 4 aliphatic carbocycles. The van der Waals surface area contributed by atoms with Crippen LogP contribution in [0.15, 0.2) is 0 Å². The van der Waals surface area contributed by atoms with Crippen molar-refractivity contribution in [2.75, 3.05) is 6.54 Å². The van der Waals surface area contributed by atoms with Gasteiger partial charge in [0, 0.05) is 5.54 Å². The molecule has 3 N–H and O–H groups in total. The average molecular weight is 303 g/mol. The first-order valence-electron chi connectivity index (χ1n) is 8.65. The number of ketones is 1. The first-order chi connectivity index (χ1) is 10.5. The molecule has 5 rings (SSSR count). The fourth-order valence-corrected chi connectivity index (χ4v) is 5.92. The number of carbonyl (C=O) groups is 1. The molecule has 1 heterocycles. The van der Waals surface area contributed by atoms with Crippen LogP contribution in [-0.2, 0) is 4.79 Å². The molecular weight excluding hydrogens is 278 g/mol. The Morgan fingerprint density at radius 3 is 2.59 bits per heavy atom. The van der Waals surface area contributed by atoms with Crippen molar-refractivity contribution in [2.24, 2.45) is 11.8 Å². The SMILES string of the molecule is N#CC1CCC(C(=O)CNC23CC4CC(CC(O)(C4)C2)C3)N1. The Balaban J connectivity index is 1.38. The van der Waals surface area contributed by atoms with Crippen molar-refractivity contribution in [2.45, 2.75) is 74.6 Å². The molecule has 5 nitrogen and oxygen atoms in total. The number of hydrogen-bond acceptors (Lipinski definition) is 5. The molecule has 4 atom stereocenters. The van der Waals surface area contributed by atoms with E-state index in [2.05, 4.69) is 16.7 Å². The monoisotopic (exact) mass is 303 g/mol. The van der Waals surface area contributed by atoms with Crippen molar-refractivity contribution < 1.29 is 9.90 Å². The molecule has 22 heavy (non-hydrogen) atoms. The largest absolute Gasteiger partial charge is 0.390 e. The minimum Gasteiger partial charge on any atom is -0.390 e. The first-order valence-corrected chi connectivity index (χ1v) is 8.65. The normalized spacial score (nSPS) is 49.3. The zero-order chi connectivity index (χ0) is 15.4. The molecule has 5 aliphatic rings. The second-order valence-corrected chi connectivity index (χ2v) is 8.26. The third-order valence-corrected chi connectivity index (χ3v) is 6.36. The molecule has 0 spiro atoms. The Morgan fingerprint density at radius 2 is 2.00 bits per heavy atom. The topological polar surface area (TPSA) is 85.2 Å². The summed E-state index contributed by atoms with van der Waals surface area (Å²) in [5, 5.41) is 26.3. The Bertz CT molecular complexity index is 512. The van der Waals surface area contributed by atoms with Crippen LogP contribution in [0.3, 0.4) is 0 Å². The van der Waals surface area contributed by atoms with Gasteiger partial charge in [-0.1, -0.05) is 0 Å². The third-order valence-electron chi connectivity index (χ3n) is 6.36. The van der Waals surface area contributed by atoms with E-state index in [0.717, 1.165) is 44.9 Å². The molecule has 5 fully saturated rings. The number of carbonyl (C=O) groups excluding carboxylic acids is 1. The van der Waals surface area contributed by atoms with E-state index in [-0.39, 0.29) is 23.4 Å². The van der Waals surface area contributed by atoms with Crippen LogP contribution in [0, 0.1) is 23.2 Å². The summed E-state index contributed by atoms with van der Waals surface area (Å²) in [4.78, 5) is 12.4. The molecule has 1 aliphatic heterocycles. The van der Waals surface area contributed by atoms with Crippen molar-refractivity contribution in [3.05, 3.63) is 0 Å². The number of Topliss-reactive ketones (excluding diaryl/α,β-unsaturated/α-hetero) is 1. The Kier molecular flexibility index (Phi) is 3.34. The van der Waals surface area contributed by atoms with Gasteiger partial charge in [-0.25, -0.2) is 0 Å². The van der Waals surface area contributed by atoms with Gasteiger partial charge in [-0.3, -0.25) is 10.1 Å². The van der Waals surface area contributed by atoms with Crippen LogP contribution in [0.5, 0.6) is 0 Å². The van der Waals surface area contributed by atoms with Gasteiger partial charge in [0.1, 0.15) is 0 Å². The highest BCUT2D eigenvalue weighted by atomic mass is 16.3. The van der Waals surface area contributed by atoms with Crippen LogP contribution in [0.4, 0.5) is 0 Å². The molecule has 4 saturated carbocycles. The van der Waals surface area contributed by atoms with E-state index in [1.807, 2.05) is 0 Å². The van der Waals surface area contributed by atoms with Crippen molar-refractivity contribution in [1.82, 2.24) is 10.6 Å². The van der Waals surface area contributed by atoms with E-state index >= 15 is 0 Å². The van der Waals surface area contributed by atoms with Gasteiger partial charge in [0.15, 0.2) is 5.78 Å². The van der Waals surface area contributed by atoms with E-state index in [9.17, 15) is 9.90 Å². The maximum atomic E-state index is 12.4. The lowest BCUT2D eigenvalue weighted by atomic mass is 9.51. The lowest BCUT2D eigenvalue weighted by molar-refractivity contribution is -0.144. The van der Waals surface area contributed by atoms with Gasteiger partial charge < -0.3 is 10.4 Å². The quantitative estimate of drug-likeness (QED) is 0.718. The smallest absolute Gasteiger partial charge is 0.163 e. The summed E-state index contributed by atoms with van der Waals surface area (Å²) >= 11 is 0. The van der Waals surface area contributed by atoms with Gasteiger partial charge >= 0.3 is 0 Å². The molecule has 5 heteroatoms. The molecule has 4 unspecified atom stereocenters. The van der Waals surface area contributed by atoms with Gasteiger partial charge in [-0.05, 0) is 63.2 Å². The van der Waals surface area contributed by atoms with E-state index in [0.29, 0.717) is 18.4 Å². The molecule has 1 saturated heterocycles. The maximum Gasteiger partial charge on any atom is 0.163 e. The molecule has 0 amide bonds. The van der Waals surface area contributed by atoms with Gasteiger partial charge in [-0.15, -0.1) is 0 Å². The summed E-state index contributed by atoms with van der Waals surface area (Å²) in [6.07, 6.45) is 7.72. The molecule has 0 aromatic heterocycles. The minimum absolute atomic E-state index is 0.0261. The summed E-state index contributed by atoms with van der Waals surface area (Å²) in [5.41, 5.74) is -0.515. The summed E-state index contributed by atoms with van der Waals surface area (Å²) in [5.74, 6) is 1.42. The number of aliphatic hydroxyl groups is 1. The lowest BCUT2D eigenvalue weighted by Gasteiger charge is -2.60. The summed E-state index contributed by atoms with van der Waals surface area (Å²) in [6, 6.07) is 1.84. The lowest BCUT2D eigenvalue weighted by Crippen LogP contribution is -2.65. The van der Waals surface area contributed by atoms with Crippen LogP contribution < -0.4 is 10.6 Å². The van der Waals surface area contributed by atoms with Crippen LogP contribution in [-0.4, -0.2) is 40.7 Å². The number of nitrogens with one attached hydrogen (secondary N) is 2. The fourth-order valence-electron chi connectivity index (χ4n) is 5.92. The van der Waals surface area contributed by atoms with E-state index < -0.39 is 5.60 Å². The van der Waals surface area contributed by atoms with Crippen LogP contribution >= 0.6 is 0 Å². The molecule has 0 aromatic carbocycles. The third kappa shape index (κ3) is 2.47. The Labute approximate surface area is 131 Å². The number of nitriles is 1. The first kappa shape index (κ1) is 14.6. The van der Waals surface area contributed by atoms with Gasteiger partial charge in [0.05, 0.1) is 30.3 Å². The second-order valence-electron chi connectivity index (χ2n) is 8.26. The van der Waals surface area contributed by atoms with Crippen molar-refractivity contribution >= 4 is 5.78 Å². The summed E-state index contributed by atoms with van der Waals surface area (Å²) in [7, 11) is 0. The highest BCUT2D eigenvalue weighted by Crippen LogP contribution is 2.57.